The van der Waals surface area contributed by atoms with Crippen LogP contribution in [-0.2, 0) is 8.85 Å². The van der Waals surface area contributed by atoms with Gasteiger partial charge in [0.15, 0.2) is 17.4 Å². The van der Waals surface area contributed by atoms with Gasteiger partial charge in [-0.05, 0) is 43.6 Å². The van der Waals surface area contributed by atoms with Gasteiger partial charge in [-0.3, -0.25) is 0 Å². The van der Waals surface area contributed by atoms with Crippen molar-refractivity contribution < 1.29 is 8.85 Å². The summed E-state index contributed by atoms with van der Waals surface area (Å²) in [4.78, 5) is 0. The van der Waals surface area contributed by atoms with Gasteiger partial charge in [0.25, 0.3) is 0 Å². The zero-order valence-electron chi connectivity index (χ0n) is 12.9. The first-order valence-electron chi connectivity index (χ1n) is 6.98. The predicted octanol–water partition coefficient (Wildman–Crippen LogP) is 3.89. The van der Waals surface area contributed by atoms with Crippen LogP contribution in [0.3, 0.4) is 0 Å². The predicted molar refractivity (Wildman–Crippen MR) is 81.7 cm³/mol. The Balaban J connectivity index is 3.76. The van der Waals surface area contributed by atoms with E-state index in [0.29, 0.717) is 11.8 Å². The Morgan fingerprint density at radius 3 is 2.00 bits per heavy atom. The Labute approximate surface area is 111 Å². The quantitative estimate of drug-likeness (QED) is 0.595. The van der Waals surface area contributed by atoms with E-state index in [0.717, 1.165) is 13.2 Å². The van der Waals surface area contributed by atoms with Gasteiger partial charge in [0.05, 0.1) is 0 Å². The third-order valence-electron chi connectivity index (χ3n) is 2.67. The van der Waals surface area contributed by atoms with Gasteiger partial charge in [0, 0.05) is 13.2 Å². The normalized spacial score (nSPS) is 14.6. The van der Waals surface area contributed by atoms with Gasteiger partial charge in [-0.25, -0.2) is 0 Å². The molecular formula is C13H32O2Si2. The maximum Gasteiger partial charge on any atom is 0.186 e. The molecule has 0 radical (unpaired) electrons. The topological polar surface area (TPSA) is 18.5 Å². The van der Waals surface area contributed by atoms with E-state index in [9.17, 15) is 0 Å². The molecule has 0 saturated carbocycles. The van der Waals surface area contributed by atoms with Crippen LogP contribution in [0, 0.1) is 11.8 Å². The molecule has 0 aliphatic rings. The fourth-order valence-electron chi connectivity index (χ4n) is 1.46. The molecule has 0 fully saturated rings. The Morgan fingerprint density at radius 1 is 1.00 bits per heavy atom. The van der Waals surface area contributed by atoms with Crippen molar-refractivity contribution >= 4 is 17.4 Å². The van der Waals surface area contributed by atoms with Crippen LogP contribution >= 0.6 is 0 Å². The van der Waals surface area contributed by atoms with Crippen molar-refractivity contribution in [2.75, 3.05) is 13.2 Å². The maximum atomic E-state index is 6.07. The maximum absolute atomic E-state index is 6.07. The summed E-state index contributed by atoms with van der Waals surface area (Å²) in [7, 11) is -2.38. The molecule has 0 spiro atoms. The molecule has 0 aromatic heterocycles. The van der Waals surface area contributed by atoms with E-state index in [2.05, 4.69) is 47.3 Å². The molecule has 0 saturated heterocycles. The minimum absolute atomic E-state index is 0.647. The molecule has 4 heteroatoms. The number of rotatable bonds is 9. The van der Waals surface area contributed by atoms with Gasteiger partial charge in [0.2, 0.25) is 0 Å². The van der Waals surface area contributed by atoms with Crippen molar-refractivity contribution in [2.24, 2.45) is 11.8 Å². The van der Waals surface area contributed by atoms with Crippen molar-refractivity contribution in [1.29, 1.82) is 0 Å². The van der Waals surface area contributed by atoms with Crippen LogP contribution < -0.4 is 0 Å². The van der Waals surface area contributed by atoms with Crippen LogP contribution in [0.25, 0.3) is 0 Å². The molecule has 1 atom stereocenters. The van der Waals surface area contributed by atoms with Gasteiger partial charge in [-0.1, -0.05) is 27.7 Å². The summed E-state index contributed by atoms with van der Waals surface area (Å²) in [5.41, 5.74) is 0. The molecule has 0 aromatic carbocycles. The minimum Gasteiger partial charge on any atom is -0.420 e. The molecule has 0 aliphatic carbocycles. The van der Waals surface area contributed by atoms with Crippen LogP contribution in [0.1, 0.15) is 27.7 Å². The SMILES string of the molecule is CC(C)CO[SiH](C)CC[Si](C)(C)OCC(C)C. The lowest BCUT2D eigenvalue weighted by Gasteiger charge is -2.25. The molecule has 0 amide bonds. The summed E-state index contributed by atoms with van der Waals surface area (Å²) in [6.45, 7) is 17.7. The van der Waals surface area contributed by atoms with Crippen LogP contribution in [-0.4, -0.2) is 30.6 Å². The van der Waals surface area contributed by atoms with E-state index in [1.165, 1.54) is 12.1 Å². The first-order chi connectivity index (χ1) is 7.73. The minimum atomic E-state index is -1.43. The van der Waals surface area contributed by atoms with E-state index in [-0.39, 0.29) is 0 Å². The van der Waals surface area contributed by atoms with E-state index in [4.69, 9.17) is 8.85 Å². The Morgan fingerprint density at radius 2 is 1.53 bits per heavy atom. The van der Waals surface area contributed by atoms with Crippen LogP contribution in [0.5, 0.6) is 0 Å². The van der Waals surface area contributed by atoms with Crippen LogP contribution in [0.4, 0.5) is 0 Å². The first-order valence-corrected chi connectivity index (χ1v) is 12.5. The molecule has 17 heavy (non-hydrogen) atoms. The van der Waals surface area contributed by atoms with E-state index >= 15 is 0 Å². The van der Waals surface area contributed by atoms with E-state index in [1.54, 1.807) is 0 Å². The van der Waals surface area contributed by atoms with Gasteiger partial charge in [0.1, 0.15) is 0 Å². The second kappa shape index (κ2) is 8.45. The van der Waals surface area contributed by atoms with Crippen molar-refractivity contribution in [3.63, 3.8) is 0 Å². The second-order valence-electron chi connectivity index (χ2n) is 6.54. The Kier molecular flexibility index (Phi) is 8.63. The standard InChI is InChI=1S/C13H32O2Si2/c1-12(2)10-14-16(5)8-9-17(6,7)15-11-13(3)4/h12-13,16H,8-11H2,1-7H3. The van der Waals surface area contributed by atoms with Gasteiger partial charge in [-0.15, -0.1) is 0 Å². The van der Waals surface area contributed by atoms with Crippen molar-refractivity contribution in [2.45, 2.75) is 59.4 Å². The Bertz CT molecular complexity index is 194. The summed E-state index contributed by atoms with van der Waals surface area (Å²) in [6.07, 6.45) is 0. The van der Waals surface area contributed by atoms with Crippen molar-refractivity contribution in [3.05, 3.63) is 0 Å². The summed E-state index contributed by atoms with van der Waals surface area (Å²) >= 11 is 0. The highest BCUT2D eigenvalue weighted by Crippen LogP contribution is 2.17. The molecule has 0 aliphatic heterocycles. The molecule has 0 aromatic rings. The monoisotopic (exact) mass is 276 g/mol. The van der Waals surface area contributed by atoms with Crippen molar-refractivity contribution in [1.82, 2.24) is 0 Å². The summed E-state index contributed by atoms with van der Waals surface area (Å²) in [5.74, 6) is 1.31. The number of hydrogen-bond donors (Lipinski definition) is 0. The fraction of sp³-hybridized carbons (Fsp3) is 1.00. The lowest BCUT2D eigenvalue weighted by molar-refractivity contribution is 0.259. The lowest BCUT2D eigenvalue weighted by Crippen LogP contribution is -2.33. The largest absolute Gasteiger partial charge is 0.420 e. The first kappa shape index (κ1) is 17.4. The highest BCUT2D eigenvalue weighted by molar-refractivity contribution is 6.72. The molecule has 0 bridgehead atoms. The van der Waals surface area contributed by atoms with Crippen LogP contribution in [0.15, 0.2) is 0 Å². The fourth-order valence-corrected chi connectivity index (χ4v) is 7.67. The third kappa shape index (κ3) is 11.2. The molecule has 1 unspecified atom stereocenters. The summed E-state index contributed by atoms with van der Waals surface area (Å²) < 4.78 is 12.0. The molecule has 2 nitrogen and oxygen atoms in total. The molecule has 0 N–H and O–H groups in total. The van der Waals surface area contributed by atoms with Crippen molar-refractivity contribution in [3.8, 4) is 0 Å². The molecule has 0 rings (SSSR count). The third-order valence-corrected chi connectivity index (χ3v) is 7.56. The number of hydrogen-bond acceptors (Lipinski definition) is 2. The highest BCUT2D eigenvalue weighted by Gasteiger charge is 2.24. The average Bonchev–Trinajstić information content (AvgIpc) is 2.21. The van der Waals surface area contributed by atoms with Gasteiger partial charge in [-0.2, -0.15) is 0 Å². The zero-order valence-corrected chi connectivity index (χ0v) is 15.0. The second-order valence-corrected chi connectivity index (χ2v) is 13.4. The Hall–Kier alpha value is 0.354. The smallest absolute Gasteiger partial charge is 0.186 e. The summed E-state index contributed by atoms with van der Waals surface area (Å²) in [6, 6.07) is 2.52. The zero-order chi connectivity index (χ0) is 13.5. The average molecular weight is 277 g/mol. The lowest BCUT2D eigenvalue weighted by atomic mass is 10.2. The molecular weight excluding hydrogens is 244 g/mol. The summed E-state index contributed by atoms with van der Waals surface area (Å²) in [5, 5.41) is 0. The molecule has 104 valence electrons. The van der Waals surface area contributed by atoms with Gasteiger partial charge < -0.3 is 8.85 Å². The molecule has 0 heterocycles. The highest BCUT2D eigenvalue weighted by atomic mass is 28.4. The van der Waals surface area contributed by atoms with Crippen LogP contribution in [0.2, 0.25) is 31.7 Å². The van der Waals surface area contributed by atoms with Gasteiger partial charge >= 0.3 is 0 Å². The van der Waals surface area contributed by atoms with E-state index in [1.807, 2.05) is 0 Å². The van der Waals surface area contributed by atoms with E-state index < -0.39 is 17.4 Å².